The fourth-order valence-corrected chi connectivity index (χ4v) is 4.58. The van der Waals surface area contributed by atoms with Crippen LogP contribution in [-0.4, -0.2) is 73.4 Å². The van der Waals surface area contributed by atoms with E-state index < -0.39 is 18.1 Å². The van der Waals surface area contributed by atoms with Crippen molar-refractivity contribution in [1.82, 2.24) is 0 Å². The number of nitrogens with zero attached hydrogens (tertiary/aromatic N) is 2. The first-order chi connectivity index (χ1) is 22.4. The largest absolute Gasteiger partial charge is 0.504 e. The van der Waals surface area contributed by atoms with Gasteiger partial charge >= 0.3 is 0 Å². The normalized spacial score (nSPS) is 17.1. The summed E-state index contributed by atoms with van der Waals surface area (Å²) in [6.45, 7) is 3.08. The molecule has 47 heavy (non-hydrogen) atoms. The monoisotopic (exact) mass is 681 g/mol. The maximum absolute atomic E-state index is 11.0. The molecule has 2 atom stereocenters. The van der Waals surface area contributed by atoms with Gasteiger partial charge in [0.15, 0.2) is 23.0 Å². The van der Waals surface area contributed by atoms with Gasteiger partial charge in [-0.25, -0.2) is 0 Å². The van der Waals surface area contributed by atoms with Crippen molar-refractivity contribution in [2.75, 3.05) is 39.6 Å². The van der Waals surface area contributed by atoms with Crippen LogP contribution in [0.3, 0.4) is 0 Å². The number of hydrogen-bond acceptors (Lipinski definition) is 9. The van der Waals surface area contributed by atoms with Gasteiger partial charge in [-0.05, 0) is 35.4 Å². The molecule has 0 aromatic heterocycles. The molecule has 11 heteroatoms. The maximum atomic E-state index is 11.0. The molecule has 1 aliphatic rings. The second kappa shape index (κ2) is 19.8. The Labute approximate surface area is 284 Å². The smallest absolute Gasteiger partial charge is 0.300 e. The quantitative estimate of drug-likeness (QED) is 0.219. The third-order valence-electron chi connectivity index (χ3n) is 6.73. The van der Waals surface area contributed by atoms with Gasteiger partial charge in [-0.2, -0.15) is 0 Å². The Morgan fingerprint density at radius 1 is 0.596 bits per heavy atom. The van der Waals surface area contributed by atoms with E-state index in [1.165, 1.54) is 0 Å². The number of hydrogen-bond donors (Lipinski definition) is 3. The average molecular weight is 682 g/mol. The standard InChI is InChI=1S/C34H34N2O6.C2H4O2.Mn/c37-33-27-13-7-15-29(33)41-21-19-39-17-18-40-20-22-42-30-16-8-14-28(34(30)38)24-36-32(26-11-5-2-6-12-26)31(35-23-27)25-9-3-1-4-10-25;1-2(3)4;/h1-16,23-24,31-32,37-38H,17-22H2;1H3,(H,3,4);. The van der Waals surface area contributed by atoms with E-state index in [4.69, 9.17) is 38.8 Å². The number of aliphatic carboxylic acids is 1. The maximum Gasteiger partial charge on any atom is 0.300 e. The fraction of sp³-hybridized carbons (Fsp3) is 0.250. The Balaban J connectivity index is 0.00000114. The fourth-order valence-electron chi connectivity index (χ4n) is 4.58. The molecule has 0 amide bonds. The van der Waals surface area contributed by atoms with Gasteiger partial charge in [-0.3, -0.25) is 14.8 Å². The number of phenolic OH excluding ortho intramolecular Hbond substituents is 2. The summed E-state index contributed by atoms with van der Waals surface area (Å²) in [7, 11) is 0. The molecule has 0 saturated heterocycles. The second-order valence-corrected chi connectivity index (χ2v) is 10.1. The van der Waals surface area contributed by atoms with E-state index in [0.29, 0.717) is 49.1 Å². The van der Waals surface area contributed by atoms with Crippen LogP contribution in [0.15, 0.2) is 107 Å². The van der Waals surface area contributed by atoms with Crippen LogP contribution >= 0.6 is 0 Å². The van der Waals surface area contributed by atoms with E-state index in [2.05, 4.69) is 0 Å². The number of carboxylic acids is 1. The van der Waals surface area contributed by atoms with Crippen molar-refractivity contribution >= 4 is 18.4 Å². The summed E-state index contributed by atoms with van der Waals surface area (Å²) < 4.78 is 22.7. The van der Waals surface area contributed by atoms with Crippen LogP contribution < -0.4 is 9.47 Å². The Hall–Kier alpha value is -4.67. The number of para-hydroxylation sites is 2. The Morgan fingerprint density at radius 3 is 1.34 bits per heavy atom. The van der Waals surface area contributed by atoms with Gasteiger partial charge in [0, 0.05) is 47.5 Å². The van der Waals surface area contributed by atoms with Crippen molar-refractivity contribution < 1.29 is 56.1 Å². The summed E-state index contributed by atoms with van der Waals surface area (Å²) in [5.41, 5.74) is 2.92. The Morgan fingerprint density at radius 2 is 0.957 bits per heavy atom. The molecule has 0 spiro atoms. The number of fused-ring (bicyclic) bond motifs is 4. The average Bonchev–Trinajstić information content (AvgIpc) is 3.06. The number of benzene rings is 4. The summed E-state index contributed by atoms with van der Waals surface area (Å²) in [5.74, 6) is -0.134. The van der Waals surface area contributed by atoms with Crippen molar-refractivity contribution in [2.45, 2.75) is 19.0 Å². The van der Waals surface area contributed by atoms with Gasteiger partial charge in [0.2, 0.25) is 0 Å². The van der Waals surface area contributed by atoms with Crippen LogP contribution in [0.5, 0.6) is 23.0 Å². The minimum Gasteiger partial charge on any atom is -0.504 e. The van der Waals surface area contributed by atoms with Crippen LogP contribution in [0.4, 0.5) is 0 Å². The third-order valence-corrected chi connectivity index (χ3v) is 6.73. The molecule has 0 fully saturated rings. The van der Waals surface area contributed by atoms with Crippen LogP contribution in [-0.2, 0) is 31.3 Å². The number of carbonyl (C=O) groups is 1. The number of aromatic hydroxyl groups is 2. The molecule has 1 heterocycles. The van der Waals surface area contributed by atoms with Crippen molar-refractivity contribution in [2.24, 2.45) is 9.98 Å². The van der Waals surface area contributed by atoms with E-state index in [0.717, 1.165) is 18.1 Å². The van der Waals surface area contributed by atoms with Crippen molar-refractivity contribution in [3.8, 4) is 23.0 Å². The molecule has 0 saturated carbocycles. The van der Waals surface area contributed by atoms with Gasteiger partial charge in [-0.15, -0.1) is 0 Å². The molecule has 0 aliphatic carbocycles. The van der Waals surface area contributed by atoms with Crippen molar-refractivity contribution in [1.29, 1.82) is 0 Å². The first-order valence-corrected chi connectivity index (χ1v) is 14.8. The summed E-state index contributed by atoms with van der Waals surface area (Å²) >= 11 is 0. The number of rotatable bonds is 2. The minimum absolute atomic E-state index is 0. The van der Waals surface area contributed by atoms with E-state index in [9.17, 15) is 10.2 Å². The predicted octanol–water partition coefficient (Wildman–Crippen LogP) is 6.01. The van der Waals surface area contributed by atoms with Crippen molar-refractivity contribution in [3.05, 3.63) is 119 Å². The van der Waals surface area contributed by atoms with Gasteiger partial charge in [0.1, 0.15) is 25.3 Å². The molecule has 1 aliphatic heterocycles. The van der Waals surface area contributed by atoms with E-state index in [1.807, 2.05) is 72.8 Å². The molecule has 247 valence electrons. The molecular formula is C36H38MnN2O8. The minimum atomic E-state index is -0.833. The second-order valence-electron chi connectivity index (χ2n) is 10.1. The van der Waals surface area contributed by atoms with Gasteiger partial charge in [0.05, 0.1) is 26.4 Å². The van der Waals surface area contributed by atoms with Crippen LogP contribution in [0.25, 0.3) is 0 Å². The first kappa shape index (κ1) is 36.8. The van der Waals surface area contributed by atoms with E-state index >= 15 is 0 Å². The molecule has 5 rings (SSSR count). The molecule has 1 radical (unpaired) electrons. The van der Waals surface area contributed by atoms with Gasteiger partial charge in [-0.1, -0.05) is 72.8 Å². The van der Waals surface area contributed by atoms with E-state index in [-0.39, 0.29) is 41.8 Å². The van der Waals surface area contributed by atoms with E-state index in [1.54, 1.807) is 36.7 Å². The Bertz CT molecular complexity index is 1470. The zero-order chi connectivity index (χ0) is 32.6. The number of ether oxygens (including phenoxy) is 4. The SMILES string of the molecule is CC(=O)O.Oc1c2cccc1OCCOCCOCCOc1cccc(c1O)C=NC(c1ccccc1)C(c1ccccc1)N=C2.[Mn]. The zero-order valence-electron chi connectivity index (χ0n) is 25.9. The predicted molar refractivity (Wildman–Crippen MR) is 176 cm³/mol. The molecule has 3 N–H and O–H groups in total. The van der Waals surface area contributed by atoms with Crippen LogP contribution in [0.2, 0.25) is 0 Å². The molecule has 4 aromatic carbocycles. The molecule has 2 unspecified atom stereocenters. The Kier molecular flexibility index (Phi) is 15.5. The number of aliphatic imine (C=N–C) groups is 2. The number of phenols is 2. The third kappa shape index (κ3) is 11.6. The molecule has 4 bridgehead atoms. The summed E-state index contributed by atoms with van der Waals surface area (Å²) in [4.78, 5) is 18.9. The topological polar surface area (TPSA) is 139 Å². The summed E-state index contributed by atoms with van der Waals surface area (Å²) in [6, 6.07) is 29.5. The first-order valence-electron chi connectivity index (χ1n) is 14.8. The number of carboxylic acid groups (broad SMARTS) is 1. The van der Waals surface area contributed by atoms with Crippen LogP contribution in [0, 0.1) is 0 Å². The molecule has 4 aromatic rings. The summed E-state index contributed by atoms with van der Waals surface area (Å²) in [6.07, 6.45) is 3.30. The zero-order valence-corrected chi connectivity index (χ0v) is 27.1. The molecular weight excluding hydrogens is 643 g/mol. The van der Waals surface area contributed by atoms with Gasteiger partial charge < -0.3 is 34.3 Å². The van der Waals surface area contributed by atoms with Crippen molar-refractivity contribution in [3.63, 3.8) is 0 Å². The summed E-state index contributed by atoms with van der Waals surface area (Å²) in [5, 5.41) is 29.4. The van der Waals surface area contributed by atoms with Crippen LogP contribution in [0.1, 0.15) is 41.3 Å². The molecule has 10 nitrogen and oxygen atoms in total. The van der Waals surface area contributed by atoms with Gasteiger partial charge in [0.25, 0.3) is 5.97 Å².